The van der Waals surface area contributed by atoms with Crippen LogP contribution in [0.5, 0.6) is 5.75 Å². The van der Waals surface area contributed by atoms with Gasteiger partial charge in [0.05, 0.1) is 0 Å². The quantitative estimate of drug-likeness (QED) is 0.907. The Balaban J connectivity index is 1.81. The Bertz CT molecular complexity index is 417. The van der Waals surface area contributed by atoms with Crippen molar-refractivity contribution >= 4 is 17.5 Å². The van der Waals surface area contributed by atoms with Gasteiger partial charge in [-0.05, 0) is 31.0 Å². The number of benzene rings is 1. The van der Waals surface area contributed by atoms with Gasteiger partial charge in [0.15, 0.2) is 6.61 Å². The smallest absolute Gasteiger partial charge is 0.260 e. The number of rotatable bonds is 3. The van der Waals surface area contributed by atoms with E-state index in [2.05, 4.69) is 0 Å². The lowest BCUT2D eigenvalue weighted by molar-refractivity contribution is -0.134. The summed E-state index contributed by atoms with van der Waals surface area (Å²) in [5.74, 6) is 0.617. The zero-order valence-electron chi connectivity index (χ0n) is 10.1. The summed E-state index contributed by atoms with van der Waals surface area (Å²) in [5.41, 5.74) is 5.79. The molecule has 0 bridgehead atoms. The van der Waals surface area contributed by atoms with Crippen molar-refractivity contribution in [2.24, 2.45) is 5.73 Å². The summed E-state index contributed by atoms with van der Waals surface area (Å²) in [5, 5.41) is 0.601. The van der Waals surface area contributed by atoms with E-state index in [1.165, 1.54) is 0 Å². The number of carbonyl (C=O) groups is 1. The lowest BCUT2D eigenvalue weighted by atomic mass is 10.1. The SMILES string of the molecule is NC1CCN(C(=O)COc2cccc(Cl)c2)CC1. The molecule has 0 spiro atoms. The van der Waals surface area contributed by atoms with Gasteiger partial charge < -0.3 is 15.4 Å². The van der Waals surface area contributed by atoms with Crippen molar-refractivity contribution in [1.29, 1.82) is 0 Å². The summed E-state index contributed by atoms with van der Waals surface area (Å²) in [6.45, 7) is 1.49. The Morgan fingerprint density at radius 1 is 1.44 bits per heavy atom. The highest BCUT2D eigenvalue weighted by molar-refractivity contribution is 6.30. The van der Waals surface area contributed by atoms with E-state index in [9.17, 15) is 4.79 Å². The maximum atomic E-state index is 11.9. The standard InChI is InChI=1S/C13H17ClN2O2/c14-10-2-1-3-12(8-10)18-9-13(17)16-6-4-11(15)5-7-16/h1-3,8,11H,4-7,9,15H2. The first-order chi connectivity index (χ1) is 8.65. The summed E-state index contributed by atoms with van der Waals surface area (Å²) in [6, 6.07) is 7.26. The van der Waals surface area contributed by atoms with E-state index in [-0.39, 0.29) is 18.6 Å². The van der Waals surface area contributed by atoms with E-state index in [1.54, 1.807) is 29.2 Å². The topological polar surface area (TPSA) is 55.6 Å². The van der Waals surface area contributed by atoms with Crippen LogP contribution in [0.15, 0.2) is 24.3 Å². The maximum Gasteiger partial charge on any atom is 0.260 e. The molecule has 0 atom stereocenters. The molecule has 0 unspecified atom stereocenters. The van der Waals surface area contributed by atoms with E-state index in [1.807, 2.05) is 0 Å². The predicted molar refractivity (Wildman–Crippen MR) is 70.7 cm³/mol. The first-order valence-corrected chi connectivity index (χ1v) is 6.44. The molecule has 0 aromatic heterocycles. The number of hydrogen-bond acceptors (Lipinski definition) is 3. The van der Waals surface area contributed by atoms with Crippen molar-refractivity contribution < 1.29 is 9.53 Å². The fourth-order valence-corrected chi connectivity index (χ4v) is 2.12. The van der Waals surface area contributed by atoms with Gasteiger partial charge in [-0.15, -0.1) is 0 Å². The average molecular weight is 269 g/mol. The molecule has 2 rings (SSSR count). The van der Waals surface area contributed by atoms with Crippen LogP contribution in [0, 0.1) is 0 Å². The third-order valence-electron chi connectivity index (χ3n) is 3.05. The predicted octanol–water partition coefficient (Wildman–Crippen LogP) is 1.67. The van der Waals surface area contributed by atoms with Crippen LogP contribution in [0.25, 0.3) is 0 Å². The first kappa shape index (κ1) is 13.2. The van der Waals surface area contributed by atoms with Crippen LogP contribution in [-0.2, 0) is 4.79 Å². The molecule has 2 N–H and O–H groups in total. The van der Waals surface area contributed by atoms with Crippen molar-refractivity contribution in [1.82, 2.24) is 4.90 Å². The Hall–Kier alpha value is -1.26. The van der Waals surface area contributed by atoms with E-state index < -0.39 is 0 Å². The molecule has 1 saturated heterocycles. The highest BCUT2D eigenvalue weighted by Gasteiger charge is 2.20. The van der Waals surface area contributed by atoms with Crippen molar-refractivity contribution in [2.45, 2.75) is 18.9 Å². The number of likely N-dealkylation sites (tertiary alicyclic amines) is 1. The molecule has 18 heavy (non-hydrogen) atoms. The van der Waals surface area contributed by atoms with Gasteiger partial charge in [0, 0.05) is 24.2 Å². The number of hydrogen-bond donors (Lipinski definition) is 1. The number of halogens is 1. The molecule has 1 fully saturated rings. The minimum atomic E-state index is 0.00174. The number of nitrogens with zero attached hydrogens (tertiary/aromatic N) is 1. The van der Waals surface area contributed by atoms with E-state index in [0.29, 0.717) is 10.8 Å². The molecule has 98 valence electrons. The lowest BCUT2D eigenvalue weighted by Crippen LogP contribution is -2.44. The minimum Gasteiger partial charge on any atom is -0.484 e. The second-order valence-electron chi connectivity index (χ2n) is 4.46. The number of amides is 1. The number of nitrogens with two attached hydrogens (primary N) is 1. The molecule has 4 nitrogen and oxygen atoms in total. The summed E-state index contributed by atoms with van der Waals surface area (Å²) in [6.07, 6.45) is 1.73. The summed E-state index contributed by atoms with van der Waals surface area (Å²) >= 11 is 5.84. The van der Waals surface area contributed by atoms with Gasteiger partial charge in [0.2, 0.25) is 0 Å². The lowest BCUT2D eigenvalue weighted by Gasteiger charge is -2.30. The molecule has 0 saturated carbocycles. The third-order valence-corrected chi connectivity index (χ3v) is 3.29. The Kier molecular flexibility index (Phi) is 4.44. The highest BCUT2D eigenvalue weighted by atomic mass is 35.5. The van der Waals surface area contributed by atoms with Gasteiger partial charge in [-0.3, -0.25) is 4.79 Å². The number of ether oxygens (including phenoxy) is 1. The average Bonchev–Trinajstić information content (AvgIpc) is 2.37. The van der Waals surface area contributed by atoms with Crippen molar-refractivity contribution in [2.75, 3.05) is 19.7 Å². The molecule has 0 radical (unpaired) electrons. The van der Waals surface area contributed by atoms with Crippen molar-refractivity contribution in [3.8, 4) is 5.75 Å². The fraction of sp³-hybridized carbons (Fsp3) is 0.462. The molecule has 1 aromatic carbocycles. The van der Waals surface area contributed by atoms with Crippen molar-refractivity contribution in [3.63, 3.8) is 0 Å². The number of carbonyl (C=O) groups excluding carboxylic acids is 1. The Morgan fingerprint density at radius 2 is 2.17 bits per heavy atom. The molecule has 1 aliphatic heterocycles. The van der Waals surface area contributed by atoms with Crippen molar-refractivity contribution in [3.05, 3.63) is 29.3 Å². The van der Waals surface area contributed by atoms with E-state index >= 15 is 0 Å². The van der Waals surface area contributed by atoms with Crippen LogP contribution in [-0.4, -0.2) is 36.5 Å². The largest absolute Gasteiger partial charge is 0.484 e. The molecule has 1 aliphatic rings. The first-order valence-electron chi connectivity index (χ1n) is 6.07. The van der Waals surface area contributed by atoms with Crippen LogP contribution >= 0.6 is 11.6 Å². The number of piperidine rings is 1. The van der Waals surface area contributed by atoms with Gasteiger partial charge in [0.25, 0.3) is 5.91 Å². The van der Waals surface area contributed by atoms with Crippen LogP contribution in [0.1, 0.15) is 12.8 Å². The van der Waals surface area contributed by atoms with Crippen LogP contribution in [0.2, 0.25) is 5.02 Å². The fourth-order valence-electron chi connectivity index (χ4n) is 1.94. The maximum absolute atomic E-state index is 11.9. The van der Waals surface area contributed by atoms with Gasteiger partial charge in [-0.25, -0.2) is 0 Å². The monoisotopic (exact) mass is 268 g/mol. The van der Waals surface area contributed by atoms with E-state index in [4.69, 9.17) is 22.1 Å². The van der Waals surface area contributed by atoms with Gasteiger partial charge in [-0.2, -0.15) is 0 Å². The second kappa shape index (κ2) is 6.07. The van der Waals surface area contributed by atoms with E-state index in [0.717, 1.165) is 25.9 Å². The zero-order chi connectivity index (χ0) is 13.0. The molecule has 1 heterocycles. The Labute approximate surface area is 112 Å². The van der Waals surface area contributed by atoms with Crippen LogP contribution in [0.4, 0.5) is 0 Å². The summed E-state index contributed by atoms with van der Waals surface area (Å²) in [7, 11) is 0. The summed E-state index contributed by atoms with van der Waals surface area (Å²) < 4.78 is 5.42. The molecule has 0 aliphatic carbocycles. The molecule has 1 amide bonds. The Morgan fingerprint density at radius 3 is 2.83 bits per heavy atom. The second-order valence-corrected chi connectivity index (χ2v) is 4.90. The molecular formula is C13H17ClN2O2. The normalized spacial score (nSPS) is 16.7. The van der Waals surface area contributed by atoms with Crippen LogP contribution < -0.4 is 10.5 Å². The summed E-state index contributed by atoms with van der Waals surface area (Å²) in [4.78, 5) is 13.7. The van der Waals surface area contributed by atoms with Crippen LogP contribution in [0.3, 0.4) is 0 Å². The van der Waals surface area contributed by atoms with Gasteiger partial charge >= 0.3 is 0 Å². The molecule has 5 heteroatoms. The zero-order valence-corrected chi connectivity index (χ0v) is 10.9. The minimum absolute atomic E-state index is 0.00174. The third kappa shape index (κ3) is 3.62. The highest BCUT2D eigenvalue weighted by Crippen LogP contribution is 2.17. The molecular weight excluding hydrogens is 252 g/mol. The van der Waals surface area contributed by atoms with Gasteiger partial charge in [0.1, 0.15) is 5.75 Å². The molecule has 1 aromatic rings. The van der Waals surface area contributed by atoms with Gasteiger partial charge in [-0.1, -0.05) is 17.7 Å².